The fraction of sp³-hybridized carbons (Fsp3) is 0.435. The number of halogens is 8. The van der Waals surface area contributed by atoms with E-state index in [9.17, 15) is 39.9 Å². The fourth-order valence-electron chi connectivity index (χ4n) is 4.06. The first kappa shape index (κ1) is 27.7. The van der Waals surface area contributed by atoms with E-state index in [4.69, 9.17) is 11.5 Å². The normalized spacial score (nSPS) is 20.6. The molecule has 0 saturated heterocycles. The van der Waals surface area contributed by atoms with Crippen LogP contribution < -0.4 is 30.4 Å². The third-order valence-electron chi connectivity index (χ3n) is 5.64. The number of alkyl halides is 8. The van der Waals surface area contributed by atoms with E-state index in [0.717, 1.165) is 24.3 Å². The van der Waals surface area contributed by atoms with Crippen LogP contribution in [0.1, 0.15) is 54.7 Å². The van der Waals surface area contributed by atoms with Gasteiger partial charge in [-0.15, -0.1) is 0 Å². The molecule has 38 heavy (non-hydrogen) atoms. The van der Waals surface area contributed by atoms with Crippen molar-refractivity contribution in [3.8, 4) is 23.0 Å². The Bertz CT molecular complexity index is 1230. The van der Waals surface area contributed by atoms with Crippen molar-refractivity contribution in [1.29, 1.82) is 0 Å². The minimum absolute atomic E-state index is 0.486. The number of hydrogen-bond acceptors (Lipinski definition) is 7. The van der Waals surface area contributed by atoms with Crippen LogP contribution in [0.3, 0.4) is 0 Å². The molecular formula is C23H20F8N2O5. The highest BCUT2D eigenvalue weighted by Gasteiger charge is 2.67. The zero-order valence-electron chi connectivity index (χ0n) is 20.0. The van der Waals surface area contributed by atoms with Crippen LogP contribution in [0.2, 0.25) is 0 Å². The first-order valence-electron chi connectivity index (χ1n) is 10.7. The Morgan fingerprint density at radius 2 is 0.895 bits per heavy atom. The molecule has 2 aromatic rings. The lowest BCUT2D eigenvalue weighted by Gasteiger charge is -2.37. The van der Waals surface area contributed by atoms with Crippen molar-refractivity contribution in [2.24, 2.45) is 11.5 Å². The van der Waals surface area contributed by atoms with Crippen molar-refractivity contribution in [2.75, 3.05) is 0 Å². The molecule has 0 amide bonds. The lowest BCUT2D eigenvalue weighted by molar-refractivity contribution is -0.391. The monoisotopic (exact) mass is 556 g/mol. The molecule has 4 rings (SSSR count). The van der Waals surface area contributed by atoms with Gasteiger partial charge in [-0.2, -0.15) is 35.1 Å². The number of hydrogen-bond donors (Lipinski definition) is 2. The highest BCUT2D eigenvalue weighted by molar-refractivity contribution is 6.12. The van der Waals surface area contributed by atoms with E-state index in [0.29, 0.717) is 0 Å². The van der Waals surface area contributed by atoms with Gasteiger partial charge in [0.05, 0.1) is 0 Å². The van der Waals surface area contributed by atoms with Crippen molar-refractivity contribution < 1.29 is 58.9 Å². The predicted octanol–water partition coefficient (Wildman–Crippen LogP) is 5.22. The molecule has 0 aliphatic carbocycles. The summed E-state index contributed by atoms with van der Waals surface area (Å²) in [6, 6.07) is 3.34. The van der Waals surface area contributed by atoms with Gasteiger partial charge in [0, 0.05) is 33.3 Å². The summed E-state index contributed by atoms with van der Waals surface area (Å²) in [7, 11) is 0. The molecule has 0 aromatic heterocycles. The van der Waals surface area contributed by atoms with Crippen LogP contribution in [0.15, 0.2) is 24.3 Å². The van der Waals surface area contributed by atoms with Crippen LogP contribution in [0.4, 0.5) is 35.1 Å². The molecule has 208 valence electrons. The van der Waals surface area contributed by atoms with Gasteiger partial charge in [-0.3, -0.25) is 4.79 Å². The highest BCUT2D eigenvalue weighted by atomic mass is 19.3. The minimum atomic E-state index is -5.15. The standard InChI is InChI=1S/C23H20F8N2O5/c1-18(2,32)13-9(5-7-11-16(13)37-22(28,29)20(24,25)35-11)15(34)10-6-8-12-17(14(10)19(3,4)33)38-23(30,31)21(26,27)36-12/h5-8H,32-33H2,1-4H3. The van der Waals surface area contributed by atoms with Crippen LogP contribution in [-0.4, -0.2) is 30.2 Å². The number of ketones is 1. The molecule has 0 bridgehead atoms. The number of rotatable bonds is 4. The summed E-state index contributed by atoms with van der Waals surface area (Å²) in [5, 5.41) is 0. The molecular weight excluding hydrogens is 536 g/mol. The third-order valence-corrected chi connectivity index (χ3v) is 5.64. The Labute approximate surface area is 209 Å². The summed E-state index contributed by atoms with van der Waals surface area (Å²) in [6.07, 6.45) is -20.4. The summed E-state index contributed by atoms with van der Waals surface area (Å²) in [4.78, 5) is 13.8. The van der Waals surface area contributed by atoms with Crippen molar-refractivity contribution in [2.45, 2.75) is 63.2 Å². The number of carbonyl (C=O) groups is 1. The average Bonchev–Trinajstić information content (AvgIpc) is 2.71. The maximum absolute atomic E-state index is 14.0. The van der Waals surface area contributed by atoms with Crippen LogP contribution in [0, 0.1) is 0 Å². The van der Waals surface area contributed by atoms with Crippen LogP contribution in [-0.2, 0) is 11.1 Å². The van der Waals surface area contributed by atoms with Gasteiger partial charge in [-0.05, 0) is 52.0 Å². The van der Waals surface area contributed by atoms with Crippen LogP contribution in [0.5, 0.6) is 23.0 Å². The number of nitrogens with two attached hydrogens (primary N) is 2. The number of benzene rings is 2. The van der Waals surface area contributed by atoms with E-state index in [1.165, 1.54) is 27.7 Å². The van der Waals surface area contributed by atoms with Gasteiger partial charge in [0.15, 0.2) is 28.8 Å². The molecule has 0 atom stereocenters. The Hall–Kier alpha value is -3.33. The van der Waals surface area contributed by atoms with Gasteiger partial charge in [0.1, 0.15) is 0 Å². The van der Waals surface area contributed by atoms with Crippen LogP contribution in [0.25, 0.3) is 0 Å². The SMILES string of the molecule is CC(C)(N)c1c(C(=O)c2ccc3c(c2C(C)(C)N)OC(F)(F)C(F)(F)O3)ccc2c1OC(F)(F)C(F)(F)O2. The van der Waals surface area contributed by atoms with Crippen molar-refractivity contribution >= 4 is 5.78 Å². The lowest BCUT2D eigenvalue weighted by Crippen LogP contribution is -2.53. The van der Waals surface area contributed by atoms with Crippen LogP contribution >= 0.6 is 0 Å². The molecule has 2 aromatic carbocycles. The number of fused-ring (bicyclic) bond motifs is 2. The summed E-state index contributed by atoms with van der Waals surface area (Å²) in [6.45, 7) is 4.98. The molecule has 15 heteroatoms. The van der Waals surface area contributed by atoms with Gasteiger partial charge in [0.25, 0.3) is 0 Å². The molecule has 7 nitrogen and oxygen atoms in total. The molecule has 4 N–H and O–H groups in total. The zero-order chi connectivity index (χ0) is 28.9. The molecule has 0 fully saturated rings. The third kappa shape index (κ3) is 4.17. The smallest absolute Gasteiger partial charge is 0.421 e. The summed E-state index contributed by atoms with van der Waals surface area (Å²) in [5.41, 5.74) is 6.79. The highest BCUT2D eigenvalue weighted by Crippen LogP contribution is 2.53. The molecule has 0 radical (unpaired) electrons. The van der Waals surface area contributed by atoms with E-state index in [-0.39, 0.29) is 0 Å². The lowest BCUT2D eigenvalue weighted by atomic mass is 9.82. The molecule has 0 spiro atoms. The van der Waals surface area contributed by atoms with E-state index in [1.54, 1.807) is 0 Å². The largest absolute Gasteiger partial charge is 0.507 e. The summed E-state index contributed by atoms with van der Waals surface area (Å²) >= 11 is 0. The Balaban J connectivity index is 1.96. The molecule has 2 aliphatic rings. The first-order valence-corrected chi connectivity index (χ1v) is 10.7. The predicted molar refractivity (Wildman–Crippen MR) is 113 cm³/mol. The summed E-state index contributed by atoms with van der Waals surface area (Å²) in [5.74, 6) is -4.72. The Morgan fingerprint density at radius 1 is 0.605 bits per heavy atom. The van der Waals surface area contributed by atoms with Crippen molar-refractivity contribution in [1.82, 2.24) is 0 Å². The maximum Gasteiger partial charge on any atom is 0.507 e. The average molecular weight is 556 g/mol. The van der Waals surface area contributed by atoms with Gasteiger partial charge >= 0.3 is 24.4 Å². The zero-order valence-corrected chi connectivity index (χ0v) is 20.0. The first-order chi connectivity index (χ1) is 17.0. The molecule has 0 saturated carbocycles. The molecule has 2 heterocycles. The van der Waals surface area contributed by atoms with E-state index < -0.39 is 86.5 Å². The van der Waals surface area contributed by atoms with Gasteiger partial charge in [-0.1, -0.05) is 0 Å². The van der Waals surface area contributed by atoms with E-state index >= 15 is 0 Å². The van der Waals surface area contributed by atoms with Gasteiger partial charge in [-0.25, -0.2) is 0 Å². The second-order valence-electron chi connectivity index (χ2n) is 9.88. The topological polar surface area (TPSA) is 106 Å². The van der Waals surface area contributed by atoms with Gasteiger partial charge < -0.3 is 30.4 Å². The van der Waals surface area contributed by atoms with Crippen molar-refractivity contribution in [3.63, 3.8) is 0 Å². The maximum atomic E-state index is 14.0. The second-order valence-corrected chi connectivity index (χ2v) is 9.88. The quantitative estimate of drug-likeness (QED) is 0.393. The van der Waals surface area contributed by atoms with Crippen molar-refractivity contribution in [3.05, 3.63) is 46.5 Å². The molecule has 2 aliphatic heterocycles. The van der Waals surface area contributed by atoms with Gasteiger partial charge in [0.2, 0.25) is 0 Å². The van der Waals surface area contributed by atoms with E-state index in [2.05, 4.69) is 18.9 Å². The second kappa shape index (κ2) is 7.85. The fourth-order valence-corrected chi connectivity index (χ4v) is 4.06. The van der Waals surface area contributed by atoms with E-state index in [1.807, 2.05) is 0 Å². The Kier molecular flexibility index (Phi) is 5.72. The number of carbonyl (C=O) groups excluding carboxylic acids is 1. The number of ether oxygens (including phenoxy) is 4. The summed E-state index contributed by atoms with van der Waals surface area (Å²) < 4.78 is 128. The molecule has 0 unspecified atom stereocenters. The minimum Gasteiger partial charge on any atom is -0.421 e. The Morgan fingerprint density at radius 3 is 1.18 bits per heavy atom.